The summed E-state index contributed by atoms with van der Waals surface area (Å²) in [6.07, 6.45) is 1.18. The van der Waals surface area contributed by atoms with Crippen LogP contribution >= 0.6 is 0 Å². The zero-order valence-corrected chi connectivity index (χ0v) is 13.3. The minimum atomic E-state index is -0.437. The maximum Gasteiger partial charge on any atom is 0.328 e. The summed E-state index contributed by atoms with van der Waals surface area (Å²) in [4.78, 5) is 36.4. The first-order valence-corrected chi connectivity index (χ1v) is 7.52. The van der Waals surface area contributed by atoms with Gasteiger partial charge in [0.2, 0.25) is 5.91 Å². The van der Waals surface area contributed by atoms with E-state index in [0.717, 1.165) is 0 Å². The molecule has 2 rings (SSSR count). The Morgan fingerprint density at radius 3 is 2.59 bits per heavy atom. The summed E-state index contributed by atoms with van der Waals surface area (Å²) in [6, 6.07) is 1.28. The Hall–Kier alpha value is -1.89. The third kappa shape index (κ3) is 3.47. The van der Waals surface area contributed by atoms with Crippen molar-refractivity contribution in [2.45, 2.75) is 52.5 Å². The van der Waals surface area contributed by atoms with Gasteiger partial charge in [-0.2, -0.15) is 0 Å². The highest BCUT2D eigenvalue weighted by Gasteiger charge is 2.39. The molecule has 7 heteroatoms. The Bertz CT molecular complexity index is 651. The molecule has 0 aliphatic carbocycles. The van der Waals surface area contributed by atoms with Crippen molar-refractivity contribution in [3.63, 3.8) is 0 Å². The molecule has 0 bridgehead atoms. The van der Waals surface area contributed by atoms with Crippen LogP contribution in [0.15, 0.2) is 21.9 Å². The summed E-state index contributed by atoms with van der Waals surface area (Å²) >= 11 is 0. The normalized spacial score (nSPS) is 31.7. The minimum Gasteiger partial charge on any atom is -0.371 e. The molecular formula is C15H23N3O4. The first-order chi connectivity index (χ1) is 10.3. The van der Waals surface area contributed by atoms with Crippen LogP contribution in [0.5, 0.6) is 0 Å². The van der Waals surface area contributed by atoms with E-state index in [1.807, 2.05) is 13.8 Å². The molecule has 5 atom stereocenters. The van der Waals surface area contributed by atoms with E-state index in [1.165, 1.54) is 23.8 Å². The van der Waals surface area contributed by atoms with E-state index >= 15 is 0 Å². The van der Waals surface area contributed by atoms with Gasteiger partial charge >= 0.3 is 5.69 Å². The van der Waals surface area contributed by atoms with Gasteiger partial charge in [-0.3, -0.25) is 19.1 Å². The average Bonchev–Trinajstić information content (AvgIpc) is 2.43. The summed E-state index contributed by atoms with van der Waals surface area (Å²) in [6.45, 7) is 7.92. The second-order valence-electron chi connectivity index (χ2n) is 6.09. The van der Waals surface area contributed by atoms with Gasteiger partial charge in [-0.15, -0.1) is 0 Å². The fourth-order valence-electron chi connectivity index (χ4n) is 3.05. The second-order valence-corrected chi connectivity index (χ2v) is 6.09. The first-order valence-electron chi connectivity index (χ1n) is 7.52. The van der Waals surface area contributed by atoms with Crippen molar-refractivity contribution < 1.29 is 9.53 Å². The molecule has 5 unspecified atom stereocenters. The van der Waals surface area contributed by atoms with Crippen LogP contribution < -0.4 is 16.6 Å². The number of carbonyl (C=O) groups excluding carboxylic acids is 1. The van der Waals surface area contributed by atoms with Gasteiger partial charge in [-0.05, 0) is 18.8 Å². The van der Waals surface area contributed by atoms with Crippen LogP contribution in [0, 0.1) is 11.8 Å². The van der Waals surface area contributed by atoms with E-state index in [4.69, 9.17) is 4.74 Å². The number of aromatic amines is 1. The molecule has 1 fully saturated rings. The highest BCUT2D eigenvalue weighted by atomic mass is 16.5. The van der Waals surface area contributed by atoms with Crippen molar-refractivity contribution in [3.05, 3.63) is 33.1 Å². The Morgan fingerprint density at radius 1 is 1.32 bits per heavy atom. The average molecular weight is 309 g/mol. The van der Waals surface area contributed by atoms with Crippen LogP contribution in [0.25, 0.3) is 0 Å². The monoisotopic (exact) mass is 309 g/mol. The van der Waals surface area contributed by atoms with Crippen LogP contribution in [-0.4, -0.2) is 33.7 Å². The van der Waals surface area contributed by atoms with E-state index in [2.05, 4.69) is 17.2 Å². The molecule has 122 valence electrons. The summed E-state index contributed by atoms with van der Waals surface area (Å²) in [5.41, 5.74) is -0.848. The fraction of sp³-hybridized carbons (Fsp3) is 0.667. The molecule has 1 amide bonds. The van der Waals surface area contributed by atoms with Gasteiger partial charge in [0.05, 0.1) is 24.8 Å². The summed E-state index contributed by atoms with van der Waals surface area (Å²) in [7, 11) is 0. The van der Waals surface area contributed by atoms with Gasteiger partial charge in [0.25, 0.3) is 5.56 Å². The highest BCUT2D eigenvalue weighted by Crippen LogP contribution is 2.31. The van der Waals surface area contributed by atoms with E-state index in [9.17, 15) is 14.4 Å². The molecule has 0 aromatic carbocycles. The van der Waals surface area contributed by atoms with Crippen LogP contribution in [0.4, 0.5) is 0 Å². The molecule has 0 spiro atoms. The molecule has 0 radical (unpaired) electrons. The minimum absolute atomic E-state index is 0.0453. The molecule has 1 aromatic heterocycles. The number of nitrogens with zero attached hydrogens (tertiary/aromatic N) is 1. The van der Waals surface area contributed by atoms with E-state index in [0.29, 0.717) is 6.54 Å². The smallest absolute Gasteiger partial charge is 0.328 e. The highest BCUT2D eigenvalue weighted by molar-refractivity contribution is 5.73. The van der Waals surface area contributed by atoms with Gasteiger partial charge in [-0.25, -0.2) is 4.79 Å². The zero-order chi connectivity index (χ0) is 16.4. The van der Waals surface area contributed by atoms with Crippen LogP contribution in [-0.2, 0) is 16.1 Å². The number of aromatic nitrogens is 2. The Kier molecular flexibility index (Phi) is 4.85. The second kappa shape index (κ2) is 6.48. The van der Waals surface area contributed by atoms with Crippen molar-refractivity contribution in [2.75, 3.05) is 0 Å². The maximum absolute atomic E-state index is 11.8. The third-order valence-electron chi connectivity index (χ3n) is 4.52. The van der Waals surface area contributed by atoms with E-state index in [-0.39, 0.29) is 36.0 Å². The standard InChI is InChI=1S/C15H23N3O4/c1-8-9(2)14(16-11(4)19)10(3)22-12(8)7-18-6-5-13(20)17-15(18)21/h5-6,8-10,12,14H,7H2,1-4H3,(H,16,19)(H,17,20,21). The SMILES string of the molecule is CC(=O)NC1C(C)OC(Cn2ccc(=O)[nH]c2=O)C(C)C1C. The molecule has 7 nitrogen and oxygen atoms in total. The summed E-state index contributed by atoms with van der Waals surface area (Å²) in [5, 5.41) is 2.93. The van der Waals surface area contributed by atoms with Gasteiger partial charge in [0.15, 0.2) is 0 Å². The number of hydrogen-bond acceptors (Lipinski definition) is 4. The van der Waals surface area contributed by atoms with Crippen molar-refractivity contribution >= 4 is 5.91 Å². The fourth-order valence-corrected chi connectivity index (χ4v) is 3.05. The van der Waals surface area contributed by atoms with Crippen molar-refractivity contribution in [1.82, 2.24) is 14.9 Å². The van der Waals surface area contributed by atoms with E-state index < -0.39 is 11.2 Å². The quantitative estimate of drug-likeness (QED) is 0.828. The Balaban J connectivity index is 2.15. The molecule has 1 saturated heterocycles. The number of carbonyl (C=O) groups is 1. The maximum atomic E-state index is 11.8. The predicted molar refractivity (Wildman–Crippen MR) is 81.6 cm³/mol. The lowest BCUT2D eigenvalue weighted by Crippen LogP contribution is -2.56. The molecule has 1 aliphatic rings. The van der Waals surface area contributed by atoms with Gasteiger partial charge in [0, 0.05) is 19.2 Å². The molecule has 2 N–H and O–H groups in total. The van der Waals surface area contributed by atoms with Gasteiger partial charge in [0.1, 0.15) is 0 Å². The summed E-state index contributed by atoms with van der Waals surface area (Å²) < 4.78 is 7.45. The Labute approximate surface area is 128 Å². The lowest BCUT2D eigenvalue weighted by Gasteiger charge is -2.44. The number of amides is 1. The molecule has 0 saturated carbocycles. The number of nitrogens with one attached hydrogen (secondary N) is 2. The molecule has 1 aromatic rings. The lowest BCUT2D eigenvalue weighted by molar-refractivity contribution is -0.135. The Morgan fingerprint density at radius 2 is 2.00 bits per heavy atom. The number of ether oxygens (including phenoxy) is 1. The third-order valence-corrected chi connectivity index (χ3v) is 4.52. The van der Waals surface area contributed by atoms with E-state index in [1.54, 1.807) is 0 Å². The molecule has 22 heavy (non-hydrogen) atoms. The van der Waals surface area contributed by atoms with Crippen molar-refractivity contribution in [2.24, 2.45) is 11.8 Å². The number of H-pyrrole nitrogens is 1. The van der Waals surface area contributed by atoms with Crippen LogP contribution in [0.1, 0.15) is 27.7 Å². The topological polar surface area (TPSA) is 93.2 Å². The van der Waals surface area contributed by atoms with Gasteiger partial charge < -0.3 is 10.1 Å². The number of hydrogen-bond donors (Lipinski definition) is 2. The summed E-state index contributed by atoms with van der Waals surface area (Å²) in [5.74, 6) is 0.304. The number of rotatable bonds is 3. The van der Waals surface area contributed by atoms with Crippen LogP contribution in [0.2, 0.25) is 0 Å². The lowest BCUT2D eigenvalue weighted by atomic mass is 9.80. The van der Waals surface area contributed by atoms with Crippen molar-refractivity contribution in [1.29, 1.82) is 0 Å². The van der Waals surface area contributed by atoms with Gasteiger partial charge in [-0.1, -0.05) is 13.8 Å². The van der Waals surface area contributed by atoms with Crippen molar-refractivity contribution in [3.8, 4) is 0 Å². The van der Waals surface area contributed by atoms with Crippen LogP contribution in [0.3, 0.4) is 0 Å². The molecule has 2 heterocycles. The molecular weight excluding hydrogens is 286 g/mol. The zero-order valence-electron chi connectivity index (χ0n) is 13.3. The molecule has 1 aliphatic heterocycles. The predicted octanol–water partition coefficient (Wildman–Crippen LogP) is 0.101. The largest absolute Gasteiger partial charge is 0.371 e. The first kappa shape index (κ1) is 16.5.